The molecule has 3 nitrogen and oxygen atoms in total. The summed E-state index contributed by atoms with van der Waals surface area (Å²) < 4.78 is 0. The van der Waals surface area contributed by atoms with Gasteiger partial charge in [-0.15, -0.1) is 0 Å². The first-order chi connectivity index (χ1) is 8.20. The average Bonchev–Trinajstić information content (AvgIpc) is 2.77. The SMILES string of the molecule is CC(C)N1CCC(NC2CCCC2CO)CC1. The highest BCUT2D eigenvalue weighted by atomic mass is 16.3. The molecule has 2 fully saturated rings. The van der Waals surface area contributed by atoms with Crippen molar-refractivity contribution >= 4 is 0 Å². The van der Waals surface area contributed by atoms with E-state index in [4.69, 9.17) is 0 Å². The second-order valence-electron chi connectivity index (χ2n) is 6.05. The molecular weight excluding hydrogens is 212 g/mol. The van der Waals surface area contributed by atoms with Crippen LogP contribution >= 0.6 is 0 Å². The maximum absolute atomic E-state index is 9.33. The van der Waals surface area contributed by atoms with Crippen LogP contribution in [0.15, 0.2) is 0 Å². The fourth-order valence-corrected chi connectivity index (χ4v) is 3.36. The van der Waals surface area contributed by atoms with Crippen LogP contribution in [0.1, 0.15) is 46.0 Å². The number of aliphatic hydroxyl groups is 1. The summed E-state index contributed by atoms with van der Waals surface area (Å²) >= 11 is 0. The number of rotatable bonds is 4. The lowest BCUT2D eigenvalue weighted by molar-refractivity contribution is 0.144. The Labute approximate surface area is 106 Å². The third-order valence-electron chi connectivity index (χ3n) is 4.60. The maximum Gasteiger partial charge on any atom is 0.0474 e. The normalized spacial score (nSPS) is 32.5. The highest BCUT2D eigenvalue weighted by Crippen LogP contribution is 2.26. The van der Waals surface area contributed by atoms with Crippen LogP contribution in [0.25, 0.3) is 0 Å². The summed E-state index contributed by atoms with van der Waals surface area (Å²) in [5.74, 6) is 0.512. The van der Waals surface area contributed by atoms with Crippen LogP contribution in [0.3, 0.4) is 0 Å². The van der Waals surface area contributed by atoms with Crippen LogP contribution in [0.4, 0.5) is 0 Å². The second kappa shape index (κ2) is 6.17. The van der Waals surface area contributed by atoms with Crippen LogP contribution in [0.5, 0.6) is 0 Å². The first kappa shape index (κ1) is 13.3. The lowest BCUT2D eigenvalue weighted by Crippen LogP contribution is -2.49. The second-order valence-corrected chi connectivity index (χ2v) is 6.05. The molecule has 1 heterocycles. The van der Waals surface area contributed by atoms with Crippen molar-refractivity contribution in [3.8, 4) is 0 Å². The Balaban J connectivity index is 1.74. The Morgan fingerprint density at radius 2 is 1.88 bits per heavy atom. The highest BCUT2D eigenvalue weighted by molar-refractivity contribution is 4.88. The molecule has 0 aromatic rings. The van der Waals surface area contributed by atoms with Gasteiger partial charge in [-0.2, -0.15) is 0 Å². The van der Waals surface area contributed by atoms with Crippen molar-refractivity contribution in [3.05, 3.63) is 0 Å². The van der Waals surface area contributed by atoms with Gasteiger partial charge >= 0.3 is 0 Å². The fraction of sp³-hybridized carbons (Fsp3) is 1.00. The van der Waals surface area contributed by atoms with Crippen molar-refractivity contribution in [2.24, 2.45) is 5.92 Å². The van der Waals surface area contributed by atoms with Crippen LogP contribution < -0.4 is 5.32 Å². The monoisotopic (exact) mass is 240 g/mol. The summed E-state index contributed by atoms with van der Waals surface area (Å²) in [7, 11) is 0. The minimum atomic E-state index is 0.364. The number of likely N-dealkylation sites (tertiary alicyclic amines) is 1. The van der Waals surface area contributed by atoms with E-state index in [9.17, 15) is 5.11 Å². The molecule has 100 valence electrons. The van der Waals surface area contributed by atoms with Gasteiger partial charge in [0.25, 0.3) is 0 Å². The van der Waals surface area contributed by atoms with Crippen LogP contribution in [0, 0.1) is 5.92 Å². The fourth-order valence-electron chi connectivity index (χ4n) is 3.36. The molecule has 1 saturated carbocycles. The first-order valence-electron chi connectivity index (χ1n) is 7.31. The van der Waals surface area contributed by atoms with Gasteiger partial charge in [-0.05, 0) is 58.5 Å². The van der Waals surface area contributed by atoms with E-state index >= 15 is 0 Å². The summed E-state index contributed by atoms with van der Waals surface area (Å²) in [5, 5.41) is 13.1. The predicted molar refractivity (Wildman–Crippen MR) is 71.1 cm³/mol. The lowest BCUT2D eigenvalue weighted by atomic mass is 9.99. The van der Waals surface area contributed by atoms with E-state index in [-0.39, 0.29) is 0 Å². The third kappa shape index (κ3) is 3.43. The Morgan fingerprint density at radius 1 is 1.18 bits per heavy atom. The number of aliphatic hydroxyl groups excluding tert-OH is 1. The van der Waals surface area contributed by atoms with E-state index in [1.165, 1.54) is 45.2 Å². The van der Waals surface area contributed by atoms with Gasteiger partial charge in [0.2, 0.25) is 0 Å². The molecule has 17 heavy (non-hydrogen) atoms. The summed E-state index contributed by atoms with van der Waals surface area (Å²) in [6.45, 7) is 7.39. The molecule has 1 aliphatic carbocycles. The number of hydrogen-bond acceptors (Lipinski definition) is 3. The highest BCUT2D eigenvalue weighted by Gasteiger charge is 2.29. The molecular formula is C14H28N2O. The van der Waals surface area contributed by atoms with Crippen molar-refractivity contribution in [2.45, 2.75) is 64.1 Å². The van der Waals surface area contributed by atoms with E-state index in [2.05, 4.69) is 24.1 Å². The Bertz CT molecular complexity index is 224. The van der Waals surface area contributed by atoms with E-state index in [1.807, 2.05) is 0 Å². The largest absolute Gasteiger partial charge is 0.396 e. The molecule has 2 atom stereocenters. The van der Waals surface area contributed by atoms with Crippen molar-refractivity contribution in [2.75, 3.05) is 19.7 Å². The molecule has 1 saturated heterocycles. The molecule has 1 aliphatic heterocycles. The Morgan fingerprint density at radius 3 is 2.47 bits per heavy atom. The average molecular weight is 240 g/mol. The quantitative estimate of drug-likeness (QED) is 0.783. The van der Waals surface area contributed by atoms with Gasteiger partial charge in [0.1, 0.15) is 0 Å². The molecule has 2 rings (SSSR count). The minimum absolute atomic E-state index is 0.364. The molecule has 0 radical (unpaired) electrons. The minimum Gasteiger partial charge on any atom is -0.396 e. The number of nitrogens with zero attached hydrogens (tertiary/aromatic N) is 1. The van der Waals surface area contributed by atoms with Gasteiger partial charge in [-0.3, -0.25) is 0 Å². The molecule has 0 aromatic heterocycles. The number of hydrogen-bond donors (Lipinski definition) is 2. The van der Waals surface area contributed by atoms with E-state index in [0.29, 0.717) is 30.7 Å². The van der Waals surface area contributed by atoms with E-state index in [1.54, 1.807) is 0 Å². The lowest BCUT2D eigenvalue weighted by Gasteiger charge is -2.36. The van der Waals surface area contributed by atoms with Gasteiger partial charge in [-0.1, -0.05) is 6.42 Å². The van der Waals surface area contributed by atoms with Crippen LogP contribution in [-0.2, 0) is 0 Å². The molecule has 0 bridgehead atoms. The van der Waals surface area contributed by atoms with Gasteiger partial charge < -0.3 is 15.3 Å². The van der Waals surface area contributed by atoms with E-state index < -0.39 is 0 Å². The Kier molecular flexibility index (Phi) is 4.83. The Hall–Kier alpha value is -0.120. The van der Waals surface area contributed by atoms with Crippen molar-refractivity contribution in [3.63, 3.8) is 0 Å². The predicted octanol–water partition coefficient (Wildman–Crippen LogP) is 1.61. The van der Waals surface area contributed by atoms with Gasteiger partial charge in [0.15, 0.2) is 0 Å². The zero-order chi connectivity index (χ0) is 12.3. The van der Waals surface area contributed by atoms with Crippen LogP contribution in [0.2, 0.25) is 0 Å². The van der Waals surface area contributed by atoms with Crippen molar-refractivity contribution in [1.29, 1.82) is 0 Å². The molecule has 3 heteroatoms. The molecule has 0 aromatic carbocycles. The summed E-state index contributed by atoms with van der Waals surface area (Å²) in [5.41, 5.74) is 0. The molecule has 0 amide bonds. The van der Waals surface area contributed by atoms with E-state index in [0.717, 1.165) is 0 Å². The van der Waals surface area contributed by atoms with Crippen LogP contribution in [-0.4, -0.2) is 47.8 Å². The number of nitrogens with one attached hydrogen (secondary N) is 1. The summed E-state index contributed by atoms with van der Waals surface area (Å²) in [6, 6.07) is 1.95. The van der Waals surface area contributed by atoms with Crippen molar-refractivity contribution < 1.29 is 5.11 Å². The maximum atomic E-state index is 9.33. The smallest absolute Gasteiger partial charge is 0.0474 e. The van der Waals surface area contributed by atoms with Gasteiger partial charge in [0.05, 0.1) is 0 Å². The van der Waals surface area contributed by atoms with Gasteiger partial charge in [-0.25, -0.2) is 0 Å². The standard InChI is InChI=1S/C14H28N2O/c1-11(2)16-8-6-13(7-9-16)15-14-5-3-4-12(14)10-17/h11-15,17H,3-10H2,1-2H3. The molecule has 2 aliphatic rings. The third-order valence-corrected chi connectivity index (χ3v) is 4.60. The van der Waals surface area contributed by atoms with Gasteiger partial charge in [0, 0.05) is 24.7 Å². The first-order valence-corrected chi connectivity index (χ1v) is 7.31. The summed E-state index contributed by atoms with van der Waals surface area (Å²) in [4.78, 5) is 2.57. The van der Waals surface area contributed by atoms with Crippen molar-refractivity contribution in [1.82, 2.24) is 10.2 Å². The molecule has 2 unspecified atom stereocenters. The summed E-state index contributed by atoms with van der Waals surface area (Å²) in [6.07, 6.45) is 6.29. The topological polar surface area (TPSA) is 35.5 Å². The zero-order valence-corrected chi connectivity index (χ0v) is 11.4. The molecule has 0 spiro atoms. The number of piperidine rings is 1. The zero-order valence-electron chi connectivity index (χ0n) is 11.4. The molecule has 2 N–H and O–H groups in total.